The Kier molecular flexibility index (Phi) is 5.22. The molecule has 0 saturated heterocycles. The molecule has 1 unspecified atom stereocenters. The lowest BCUT2D eigenvalue weighted by molar-refractivity contribution is -0.127. The van der Waals surface area contributed by atoms with Crippen molar-refractivity contribution in [2.75, 3.05) is 7.11 Å². The Hall–Kier alpha value is -0.860. The summed E-state index contributed by atoms with van der Waals surface area (Å²) in [6, 6.07) is 8.59. The molecule has 1 aromatic rings. The molecule has 20 heavy (non-hydrogen) atoms. The molecule has 2 heteroatoms. The average molecular weight is 276 g/mol. The van der Waals surface area contributed by atoms with Crippen LogP contribution < -0.4 is 0 Å². The Labute approximate surface area is 123 Å². The van der Waals surface area contributed by atoms with Crippen molar-refractivity contribution in [3.63, 3.8) is 0 Å². The summed E-state index contributed by atoms with van der Waals surface area (Å²) in [6.07, 6.45) is 5.58. The summed E-state index contributed by atoms with van der Waals surface area (Å²) in [5.74, 6) is 0.759. The SMILES string of the molecule is CCc1ccc(CC(O)C2(OC)CCC(C)CC2)cc1. The van der Waals surface area contributed by atoms with E-state index in [-0.39, 0.29) is 5.60 Å². The largest absolute Gasteiger partial charge is 0.390 e. The van der Waals surface area contributed by atoms with E-state index >= 15 is 0 Å². The molecule has 1 N–H and O–H groups in total. The number of rotatable bonds is 5. The highest BCUT2D eigenvalue weighted by molar-refractivity contribution is 5.23. The van der Waals surface area contributed by atoms with E-state index in [1.165, 1.54) is 11.1 Å². The molecule has 0 bridgehead atoms. The van der Waals surface area contributed by atoms with Crippen molar-refractivity contribution in [3.8, 4) is 0 Å². The number of aliphatic hydroxyl groups is 1. The second kappa shape index (κ2) is 6.73. The van der Waals surface area contributed by atoms with Gasteiger partial charge in [0, 0.05) is 13.5 Å². The van der Waals surface area contributed by atoms with E-state index < -0.39 is 6.10 Å². The van der Waals surface area contributed by atoms with E-state index in [0.29, 0.717) is 6.42 Å². The molecule has 0 heterocycles. The van der Waals surface area contributed by atoms with Crippen LogP contribution in [0.3, 0.4) is 0 Å². The number of aryl methyl sites for hydroxylation is 1. The first-order valence-corrected chi connectivity index (χ1v) is 7.90. The van der Waals surface area contributed by atoms with Gasteiger partial charge in [-0.15, -0.1) is 0 Å². The van der Waals surface area contributed by atoms with Crippen LogP contribution in [0.2, 0.25) is 0 Å². The molecule has 0 aromatic heterocycles. The predicted octanol–water partition coefficient (Wildman–Crippen LogP) is 3.75. The van der Waals surface area contributed by atoms with Crippen molar-refractivity contribution in [1.82, 2.24) is 0 Å². The summed E-state index contributed by atoms with van der Waals surface area (Å²) in [5.41, 5.74) is 2.21. The smallest absolute Gasteiger partial charge is 0.0939 e. The number of methoxy groups -OCH3 is 1. The summed E-state index contributed by atoms with van der Waals surface area (Å²) in [7, 11) is 1.75. The maximum atomic E-state index is 10.7. The van der Waals surface area contributed by atoms with Gasteiger partial charge in [0.15, 0.2) is 0 Å². The molecule has 1 aliphatic rings. The lowest BCUT2D eigenvalue weighted by Gasteiger charge is -2.41. The highest BCUT2D eigenvalue weighted by Crippen LogP contribution is 2.37. The number of aliphatic hydroxyl groups excluding tert-OH is 1. The van der Waals surface area contributed by atoms with Gasteiger partial charge in [-0.3, -0.25) is 0 Å². The van der Waals surface area contributed by atoms with Crippen molar-refractivity contribution < 1.29 is 9.84 Å². The third-order valence-electron chi connectivity index (χ3n) is 4.99. The van der Waals surface area contributed by atoms with Gasteiger partial charge in [0.05, 0.1) is 11.7 Å². The highest BCUT2D eigenvalue weighted by atomic mass is 16.5. The van der Waals surface area contributed by atoms with Gasteiger partial charge in [0.1, 0.15) is 0 Å². The third kappa shape index (κ3) is 3.42. The topological polar surface area (TPSA) is 29.5 Å². The van der Waals surface area contributed by atoms with Crippen LogP contribution in [0.15, 0.2) is 24.3 Å². The van der Waals surface area contributed by atoms with Crippen LogP contribution in [0.4, 0.5) is 0 Å². The molecule has 0 aliphatic heterocycles. The van der Waals surface area contributed by atoms with Crippen LogP contribution >= 0.6 is 0 Å². The van der Waals surface area contributed by atoms with Crippen molar-refractivity contribution >= 4 is 0 Å². The van der Waals surface area contributed by atoms with Gasteiger partial charge >= 0.3 is 0 Å². The molecule has 0 radical (unpaired) electrons. The second-order valence-electron chi connectivity index (χ2n) is 6.34. The number of benzene rings is 1. The van der Waals surface area contributed by atoms with Gasteiger partial charge < -0.3 is 9.84 Å². The summed E-state index contributed by atoms with van der Waals surface area (Å²) >= 11 is 0. The van der Waals surface area contributed by atoms with Crippen LogP contribution in [0.25, 0.3) is 0 Å². The molecular formula is C18H28O2. The molecule has 1 aliphatic carbocycles. The molecule has 1 saturated carbocycles. The van der Waals surface area contributed by atoms with Gasteiger partial charge in [-0.25, -0.2) is 0 Å². The van der Waals surface area contributed by atoms with Gasteiger partial charge in [-0.2, -0.15) is 0 Å². The molecule has 0 amide bonds. The molecule has 1 atom stereocenters. The Morgan fingerprint density at radius 2 is 1.75 bits per heavy atom. The Morgan fingerprint density at radius 3 is 2.25 bits per heavy atom. The summed E-state index contributed by atoms with van der Waals surface area (Å²) in [4.78, 5) is 0. The van der Waals surface area contributed by atoms with Crippen LogP contribution in [-0.2, 0) is 17.6 Å². The van der Waals surface area contributed by atoms with E-state index in [4.69, 9.17) is 4.74 Å². The van der Waals surface area contributed by atoms with Gasteiger partial charge in [-0.05, 0) is 49.1 Å². The van der Waals surface area contributed by atoms with Gasteiger partial charge in [0.2, 0.25) is 0 Å². The molecule has 1 fully saturated rings. The van der Waals surface area contributed by atoms with E-state index in [0.717, 1.165) is 38.0 Å². The van der Waals surface area contributed by atoms with Crippen molar-refractivity contribution in [3.05, 3.63) is 35.4 Å². The summed E-state index contributed by atoms with van der Waals surface area (Å²) in [6.45, 7) is 4.45. The molecule has 2 rings (SSSR count). The van der Waals surface area contributed by atoms with Crippen LogP contribution in [0.1, 0.15) is 50.7 Å². The third-order valence-corrected chi connectivity index (χ3v) is 4.99. The van der Waals surface area contributed by atoms with Crippen LogP contribution in [0.5, 0.6) is 0 Å². The standard InChI is InChI=1S/C18H28O2/c1-4-15-5-7-16(8-6-15)13-17(19)18(20-3)11-9-14(2)10-12-18/h5-8,14,17,19H,4,9-13H2,1-3H3. The molecular weight excluding hydrogens is 248 g/mol. The second-order valence-corrected chi connectivity index (χ2v) is 6.34. The Balaban J connectivity index is 2.03. The maximum absolute atomic E-state index is 10.7. The Bertz CT molecular complexity index is 402. The van der Waals surface area contributed by atoms with Crippen molar-refractivity contribution in [2.24, 2.45) is 5.92 Å². The zero-order chi connectivity index (χ0) is 14.6. The highest BCUT2D eigenvalue weighted by Gasteiger charge is 2.40. The predicted molar refractivity (Wildman–Crippen MR) is 82.9 cm³/mol. The Morgan fingerprint density at radius 1 is 1.20 bits per heavy atom. The quantitative estimate of drug-likeness (QED) is 0.887. The fourth-order valence-corrected chi connectivity index (χ4v) is 3.24. The van der Waals surface area contributed by atoms with Crippen molar-refractivity contribution in [2.45, 2.75) is 64.1 Å². The first-order valence-electron chi connectivity index (χ1n) is 7.90. The number of hydrogen-bond donors (Lipinski definition) is 1. The first kappa shape index (κ1) is 15.5. The van der Waals surface area contributed by atoms with Crippen molar-refractivity contribution in [1.29, 1.82) is 0 Å². The fraction of sp³-hybridized carbons (Fsp3) is 0.667. The lowest BCUT2D eigenvalue weighted by Crippen LogP contribution is -2.47. The lowest BCUT2D eigenvalue weighted by atomic mass is 9.75. The van der Waals surface area contributed by atoms with Crippen LogP contribution in [-0.4, -0.2) is 23.9 Å². The van der Waals surface area contributed by atoms with E-state index in [2.05, 4.69) is 38.1 Å². The first-order chi connectivity index (χ1) is 9.59. The zero-order valence-electron chi connectivity index (χ0n) is 13.1. The minimum Gasteiger partial charge on any atom is -0.390 e. The zero-order valence-corrected chi connectivity index (χ0v) is 13.1. The maximum Gasteiger partial charge on any atom is 0.0939 e. The fourth-order valence-electron chi connectivity index (χ4n) is 3.24. The minimum absolute atomic E-state index is 0.337. The average Bonchev–Trinajstić information content (AvgIpc) is 2.49. The number of ether oxygens (including phenoxy) is 1. The van der Waals surface area contributed by atoms with Gasteiger partial charge in [0.25, 0.3) is 0 Å². The minimum atomic E-state index is -0.410. The van der Waals surface area contributed by atoms with E-state index in [1.54, 1.807) is 7.11 Å². The molecule has 0 spiro atoms. The van der Waals surface area contributed by atoms with E-state index in [9.17, 15) is 5.11 Å². The summed E-state index contributed by atoms with van der Waals surface area (Å²) in [5, 5.41) is 10.7. The summed E-state index contributed by atoms with van der Waals surface area (Å²) < 4.78 is 5.76. The molecule has 112 valence electrons. The van der Waals surface area contributed by atoms with Gasteiger partial charge in [-0.1, -0.05) is 38.1 Å². The van der Waals surface area contributed by atoms with Crippen LogP contribution in [0, 0.1) is 5.92 Å². The van der Waals surface area contributed by atoms with E-state index in [1.807, 2.05) is 0 Å². The number of hydrogen-bond acceptors (Lipinski definition) is 2. The normalized spacial score (nSPS) is 28.3. The molecule has 1 aromatic carbocycles. The monoisotopic (exact) mass is 276 g/mol. The molecule has 2 nitrogen and oxygen atoms in total.